The maximum atomic E-state index is 6.21. The van der Waals surface area contributed by atoms with Crippen molar-refractivity contribution in [1.82, 2.24) is 39.7 Å². The van der Waals surface area contributed by atoms with E-state index in [-0.39, 0.29) is 6.04 Å². The Morgan fingerprint density at radius 3 is 2.37 bits per heavy atom. The van der Waals surface area contributed by atoms with Crippen LogP contribution >= 0.6 is 15.9 Å². The summed E-state index contributed by atoms with van der Waals surface area (Å²) >= 11 is 3.82. The van der Waals surface area contributed by atoms with Gasteiger partial charge in [-0.25, -0.2) is 14.5 Å². The quantitative estimate of drug-likeness (QED) is 0.213. The number of halogens is 1. The zero-order valence-electron chi connectivity index (χ0n) is 24.0. The van der Waals surface area contributed by atoms with Crippen molar-refractivity contribution in [2.45, 2.75) is 65.0 Å². The summed E-state index contributed by atoms with van der Waals surface area (Å²) in [5.74, 6) is 1.23. The summed E-state index contributed by atoms with van der Waals surface area (Å²) in [6, 6.07) is 14.5. The lowest BCUT2D eigenvalue weighted by Gasteiger charge is -2.35. The monoisotopic (exact) mass is 615 g/mol. The Balaban J connectivity index is 0.000000794. The van der Waals surface area contributed by atoms with Gasteiger partial charge in [0.15, 0.2) is 5.65 Å². The minimum absolute atomic E-state index is 0.203. The van der Waals surface area contributed by atoms with Crippen LogP contribution in [0.5, 0.6) is 0 Å². The van der Waals surface area contributed by atoms with E-state index in [1.54, 1.807) is 6.33 Å². The summed E-state index contributed by atoms with van der Waals surface area (Å²) in [6.45, 7) is 8.81. The fourth-order valence-electron chi connectivity index (χ4n) is 5.18. The van der Waals surface area contributed by atoms with Crippen molar-refractivity contribution >= 4 is 21.6 Å². The molecule has 3 N–H and O–H groups in total. The molecule has 1 aliphatic heterocycles. The predicted octanol–water partition coefficient (Wildman–Crippen LogP) is 6.54. The van der Waals surface area contributed by atoms with Crippen LogP contribution in [0.1, 0.15) is 75.6 Å². The summed E-state index contributed by atoms with van der Waals surface area (Å²) in [5, 5.41) is 11.7. The molecule has 0 bridgehead atoms. The molecule has 1 unspecified atom stereocenters. The molecule has 5 aromatic rings. The lowest BCUT2D eigenvalue weighted by molar-refractivity contribution is 0.156. The zero-order chi connectivity index (χ0) is 28.8. The van der Waals surface area contributed by atoms with Crippen molar-refractivity contribution < 1.29 is 0 Å². The van der Waals surface area contributed by atoms with Crippen LogP contribution in [0.15, 0.2) is 65.7 Å². The highest BCUT2D eigenvalue weighted by Gasteiger charge is 2.29. The summed E-state index contributed by atoms with van der Waals surface area (Å²) in [6.07, 6.45) is 9.96. The van der Waals surface area contributed by atoms with Gasteiger partial charge in [0.25, 0.3) is 0 Å². The average molecular weight is 617 g/mol. The Morgan fingerprint density at radius 1 is 1.00 bits per heavy atom. The Labute approximate surface area is 249 Å². The second-order valence-electron chi connectivity index (χ2n) is 10.4. The SMILES string of the molecule is CC(c1ncn[nH]1)N1CCC(c2nc3c(-c4ccc(-c5ccccc5)nc4)cnn3c(CN)c2Br)CC1.CCCC. The van der Waals surface area contributed by atoms with Crippen LogP contribution in [0.2, 0.25) is 0 Å². The fourth-order valence-corrected chi connectivity index (χ4v) is 5.93. The van der Waals surface area contributed by atoms with Gasteiger partial charge >= 0.3 is 0 Å². The molecule has 0 amide bonds. The van der Waals surface area contributed by atoms with Gasteiger partial charge in [-0.1, -0.05) is 63.1 Å². The lowest BCUT2D eigenvalue weighted by Crippen LogP contribution is -2.36. The van der Waals surface area contributed by atoms with E-state index in [0.29, 0.717) is 12.5 Å². The van der Waals surface area contributed by atoms with E-state index in [0.717, 1.165) is 75.6 Å². The Bertz CT molecular complexity index is 1520. The number of likely N-dealkylation sites (tertiary alicyclic amines) is 1. The smallest absolute Gasteiger partial charge is 0.163 e. The van der Waals surface area contributed by atoms with Crippen molar-refractivity contribution in [3.05, 3.63) is 82.9 Å². The summed E-state index contributed by atoms with van der Waals surface area (Å²) in [4.78, 5) is 16.7. The molecular formula is C31H38BrN9. The van der Waals surface area contributed by atoms with Crippen molar-refractivity contribution in [3.8, 4) is 22.4 Å². The lowest BCUT2D eigenvalue weighted by atomic mass is 9.92. The number of rotatable bonds is 7. The molecule has 10 heteroatoms. The molecule has 214 valence electrons. The molecule has 1 atom stereocenters. The first-order chi connectivity index (χ1) is 20.0. The fraction of sp³-hybridized carbons (Fsp3) is 0.387. The molecule has 9 nitrogen and oxygen atoms in total. The van der Waals surface area contributed by atoms with E-state index in [4.69, 9.17) is 15.7 Å². The highest BCUT2D eigenvalue weighted by Crippen LogP contribution is 2.37. The molecular weight excluding hydrogens is 578 g/mol. The van der Waals surface area contributed by atoms with Gasteiger partial charge in [-0.15, -0.1) is 0 Å². The van der Waals surface area contributed by atoms with Gasteiger partial charge in [0, 0.05) is 35.3 Å². The Kier molecular flexibility index (Phi) is 9.53. The molecule has 0 radical (unpaired) electrons. The zero-order valence-corrected chi connectivity index (χ0v) is 25.5. The number of unbranched alkanes of at least 4 members (excludes halogenated alkanes) is 1. The first-order valence-corrected chi connectivity index (χ1v) is 15.2. The molecule has 1 fully saturated rings. The number of nitrogens with zero attached hydrogens (tertiary/aromatic N) is 7. The number of hydrogen-bond donors (Lipinski definition) is 2. The van der Waals surface area contributed by atoms with Gasteiger partial charge in [-0.2, -0.15) is 10.2 Å². The Hall–Kier alpha value is -3.47. The highest BCUT2D eigenvalue weighted by molar-refractivity contribution is 9.10. The number of hydrogen-bond acceptors (Lipinski definition) is 7. The van der Waals surface area contributed by atoms with Crippen molar-refractivity contribution in [1.29, 1.82) is 0 Å². The van der Waals surface area contributed by atoms with Gasteiger partial charge in [-0.05, 0) is 54.9 Å². The third-order valence-corrected chi connectivity index (χ3v) is 8.70. The molecule has 0 spiro atoms. The van der Waals surface area contributed by atoms with Crippen LogP contribution < -0.4 is 5.73 Å². The number of pyridine rings is 1. The topological polar surface area (TPSA) is 114 Å². The van der Waals surface area contributed by atoms with Gasteiger partial charge < -0.3 is 5.73 Å². The molecule has 1 saturated heterocycles. The highest BCUT2D eigenvalue weighted by atomic mass is 79.9. The predicted molar refractivity (Wildman–Crippen MR) is 166 cm³/mol. The van der Waals surface area contributed by atoms with E-state index >= 15 is 0 Å². The van der Waals surface area contributed by atoms with Crippen LogP contribution in [0, 0.1) is 0 Å². The van der Waals surface area contributed by atoms with Crippen LogP contribution in [-0.2, 0) is 6.54 Å². The van der Waals surface area contributed by atoms with Gasteiger partial charge in [0.05, 0.1) is 33.8 Å². The molecule has 1 aromatic carbocycles. The van der Waals surface area contributed by atoms with Crippen LogP contribution in [0.4, 0.5) is 0 Å². The standard InChI is InChI=1S/C27H28BrN9.C4H10/c1-17(26-31-16-32-35-26)36-11-9-19(10-12-36)25-24(28)23(13-29)37-27(34-25)21(15-33-37)20-7-8-22(30-14-20)18-5-3-2-4-6-18;1-3-4-2/h2-8,14-17,19H,9-13,29H2,1H3,(H,31,32,35);3-4H2,1-2H3. The number of fused-ring (bicyclic) bond motifs is 1. The molecule has 1 aliphatic rings. The van der Waals surface area contributed by atoms with E-state index in [1.807, 2.05) is 41.2 Å². The van der Waals surface area contributed by atoms with Crippen molar-refractivity contribution in [2.24, 2.45) is 5.73 Å². The van der Waals surface area contributed by atoms with Crippen molar-refractivity contribution in [3.63, 3.8) is 0 Å². The first kappa shape index (κ1) is 29.0. The summed E-state index contributed by atoms with van der Waals surface area (Å²) < 4.78 is 2.81. The Morgan fingerprint density at radius 2 is 1.76 bits per heavy atom. The number of nitrogens with two attached hydrogens (primary N) is 1. The van der Waals surface area contributed by atoms with E-state index < -0.39 is 0 Å². The number of nitrogens with one attached hydrogen (secondary N) is 1. The minimum atomic E-state index is 0.203. The molecule has 5 heterocycles. The average Bonchev–Trinajstić information content (AvgIpc) is 3.72. The van der Waals surface area contributed by atoms with E-state index in [2.05, 4.69) is 80.1 Å². The number of aromatic nitrogens is 7. The van der Waals surface area contributed by atoms with Gasteiger partial charge in [-0.3, -0.25) is 15.0 Å². The number of aromatic amines is 1. The maximum Gasteiger partial charge on any atom is 0.163 e. The van der Waals surface area contributed by atoms with Crippen molar-refractivity contribution in [2.75, 3.05) is 13.1 Å². The van der Waals surface area contributed by atoms with Crippen LogP contribution in [-0.4, -0.2) is 52.8 Å². The third kappa shape index (κ3) is 6.24. The molecule has 0 aliphatic carbocycles. The second kappa shape index (κ2) is 13.5. The first-order valence-electron chi connectivity index (χ1n) is 14.4. The molecule has 6 rings (SSSR count). The van der Waals surface area contributed by atoms with E-state index in [9.17, 15) is 0 Å². The van der Waals surface area contributed by atoms with E-state index in [1.165, 1.54) is 12.8 Å². The molecule has 41 heavy (non-hydrogen) atoms. The van der Waals surface area contributed by atoms with Gasteiger partial charge in [0.2, 0.25) is 0 Å². The maximum absolute atomic E-state index is 6.21. The largest absolute Gasteiger partial charge is 0.325 e. The molecule has 0 saturated carbocycles. The number of benzene rings is 1. The second-order valence-corrected chi connectivity index (χ2v) is 11.2. The number of piperidine rings is 1. The van der Waals surface area contributed by atoms with Gasteiger partial charge in [0.1, 0.15) is 12.2 Å². The van der Waals surface area contributed by atoms with Crippen LogP contribution in [0.3, 0.4) is 0 Å². The normalized spacial score (nSPS) is 15.0. The summed E-state index contributed by atoms with van der Waals surface area (Å²) in [5.41, 5.74) is 13.0. The minimum Gasteiger partial charge on any atom is -0.325 e. The molecule has 4 aromatic heterocycles. The third-order valence-electron chi connectivity index (χ3n) is 7.83. The summed E-state index contributed by atoms with van der Waals surface area (Å²) in [7, 11) is 0. The van der Waals surface area contributed by atoms with Crippen LogP contribution in [0.25, 0.3) is 28.0 Å². The number of H-pyrrole nitrogens is 1.